The predicted octanol–water partition coefficient (Wildman–Crippen LogP) is 1.71. The number of methoxy groups -OCH3 is 1. The van der Waals surface area contributed by atoms with Gasteiger partial charge in [0.25, 0.3) is 5.91 Å². The van der Waals surface area contributed by atoms with E-state index in [0.29, 0.717) is 19.3 Å². The van der Waals surface area contributed by atoms with Gasteiger partial charge in [-0.1, -0.05) is 26.2 Å². The molecule has 1 saturated carbocycles. The summed E-state index contributed by atoms with van der Waals surface area (Å²) in [5.41, 5.74) is -2.07. The van der Waals surface area contributed by atoms with Crippen molar-refractivity contribution in [3.8, 4) is 0 Å². The van der Waals surface area contributed by atoms with E-state index < -0.39 is 17.1 Å². The molecule has 0 bridgehead atoms. The summed E-state index contributed by atoms with van der Waals surface area (Å²) in [6.07, 6.45) is 4.20. The van der Waals surface area contributed by atoms with Crippen LogP contribution < -0.4 is 5.32 Å². The second-order valence-electron chi connectivity index (χ2n) is 5.19. The lowest BCUT2D eigenvalue weighted by molar-refractivity contribution is -0.155. The number of carbonyl (C=O) groups is 2. The van der Waals surface area contributed by atoms with Gasteiger partial charge in [-0.3, -0.25) is 4.79 Å². The largest absolute Gasteiger partial charge is 0.480 e. The van der Waals surface area contributed by atoms with Crippen molar-refractivity contribution < 1.29 is 19.4 Å². The molecule has 0 radical (unpaired) electrons. The molecule has 1 aliphatic carbocycles. The minimum atomic E-state index is -1.11. The van der Waals surface area contributed by atoms with Gasteiger partial charge in [-0.2, -0.15) is 0 Å². The van der Waals surface area contributed by atoms with E-state index in [4.69, 9.17) is 4.74 Å². The Morgan fingerprint density at radius 1 is 1.33 bits per heavy atom. The summed E-state index contributed by atoms with van der Waals surface area (Å²) >= 11 is 0. The number of hydrogen-bond acceptors (Lipinski definition) is 3. The number of hydrogen-bond donors (Lipinski definition) is 2. The van der Waals surface area contributed by atoms with Crippen LogP contribution in [0.5, 0.6) is 0 Å². The maximum Gasteiger partial charge on any atom is 0.329 e. The molecule has 0 saturated heterocycles. The molecule has 18 heavy (non-hydrogen) atoms. The Kier molecular flexibility index (Phi) is 4.73. The van der Waals surface area contributed by atoms with Gasteiger partial charge in [-0.25, -0.2) is 4.79 Å². The van der Waals surface area contributed by atoms with Crippen LogP contribution in [0.25, 0.3) is 0 Å². The van der Waals surface area contributed by atoms with Crippen molar-refractivity contribution in [2.45, 2.75) is 63.5 Å². The molecule has 0 aliphatic heterocycles. The van der Waals surface area contributed by atoms with Gasteiger partial charge in [-0.05, 0) is 26.2 Å². The maximum absolute atomic E-state index is 12.2. The number of rotatable bonds is 5. The summed E-state index contributed by atoms with van der Waals surface area (Å²) in [7, 11) is 1.47. The Labute approximate surface area is 108 Å². The summed E-state index contributed by atoms with van der Waals surface area (Å²) in [4.78, 5) is 23.7. The highest BCUT2D eigenvalue weighted by Gasteiger charge is 2.44. The lowest BCUT2D eigenvalue weighted by Crippen LogP contribution is -2.60. The zero-order valence-electron chi connectivity index (χ0n) is 11.4. The topological polar surface area (TPSA) is 75.6 Å². The minimum Gasteiger partial charge on any atom is -0.480 e. The normalized spacial score (nSPS) is 21.9. The fraction of sp³-hybridized carbons (Fsp3) is 0.846. The van der Waals surface area contributed by atoms with Gasteiger partial charge in [0, 0.05) is 7.11 Å². The summed E-state index contributed by atoms with van der Waals surface area (Å²) < 4.78 is 5.21. The Morgan fingerprint density at radius 3 is 2.28 bits per heavy atom. The second-order valence-corrected chi connectivity index (χ2v) is 5.19. The van der Waals surface area contributed by atoms with Crippen molar-refractivity contribution in [1.29, 1.82) is 0 Å². The molecule has 5 heteroatoms. The van der Waals surface area contributed by atoms with E-state index in [-0.39, 0.29) is 5.91 Å². The SMILES string of the molecule is CCC(C)(OC)C(=O)NC1(C(=O)O)CCCCC1. The van der Waals surface area contributed by atoms with Gasteiger partial charge in [0.15, 0.2) is 0 Å². The number of carboxylic acid groups (broad SMARTS) is 1. The number of nitrogens with one attached hydrogen (secondary N) is 1. The predicted molar refractivity (Wildman–Crippen MR) is 67.3 cm³/mol. The van der Waals surface area contributed by atoms with Crippen LogP contribution in [0, 0.1) is 0 Å². The van der Waals surface area contributed by atoms with Gasteiger partial charge >= 0.3 is 5.97 Å². The van der Waals surface area contributed by atoms with E-state index in [1.54, 1.807) is 6.92 Å². The van der Waals surface area contributed by atoms with Gasteiger partial charge in [0.2, 0.25) is 0 Å². The summed E-state index contributed by atoms with van der Waals surface area (Å²) in [5.74, 6) is -1.28. The van der Waals surface area contributed by atoms with E-state index in [0.717, 1.165) is 19.3 Å². The first-order valence-electron chi connectivity index (χ1n) is 6.51. The monoisotopic (exact) mass is 257 g/mol. The van der Waals surface area contributed by atoms with Crippen LogP contribution in [0.2, 0.25) is 0 Å². The van der Waals surface area contributed by atoms with Crippen LogP contribution in [0.4, 0.5) is 0 Å². The summed E-state index contributed by atoms with van der Waals surface area (Å²) in [6.45, 7) is 3.53. The second kappa shape index (κ2) is 5.69. The van der Waals surface area contributed by atoms with Crippen LogP contribution >= 0.6 is 0 Å². The molecular weight excluding hydrogens is 234 g/mol. The molecule has 1 rings (SSSR count). The van der Waals surface area contributed by atoms with E-state index in [2.05, 4.69) is 5.32 Å². The smallest absolute Gasteiger partial charge is 0.329 e. The number of amides is 1. The van der Waals surface area contributed by atoms with Crippen LogP contribution in [0.15, 0.2) is 0 Å². The maximum atomic E-state index is 12.2. The Bertz CT molecular complexity index is 317. The molecule has 1 fully saturated rings. The van der Waals surface area contributed by atoms with Crippen molar-refractivity contribution in [2.24, 2.45) is 0 Å². The molecule has 1 unspecified atom stereocenters. The third kappa shape index (κ3) is 2.83. The first-order valence-corrected chi connectivity index (χ1v) is 6.51. The Balaban J connectivity index is 2.84. The lowest BCUT2D eigenvalue weighted by Gasteiger charge is -2.37. The molecule has 0 heterocycles. The molecule has 104 valence electrons. The van der Waals surface area contributed by atoms with Gasteiger partial charge in [-0.15, -0.1) is 0 Å². The Morgan fingerprint density at radius 2 is 1.89 bits per heavy atom. The van der Waals surface area contributed by atoms with E-state index in [9.17, 15) is 14.7 Å². The standard InChI is InChI=1S/C13H23NO4/c1-4-12(2,18-3)10(15)14-13(11(16)17)8-6-5-7-9-13/h4-9H2,1-3H3,(H,14,15)(H,16,17). The minimum absolute atomic E-state index is 0.336. The highest BCUT2D eigenvalue weighted by atomic mass is 16.5. The van der Waals surface area contributed by atoms with E-state index in [1.165, 1.54) is 7.11 Å². The van der Waals surface area contributed by atoms with Crippen molar-refractivity contribution in [2.75, 3.05) is 7.11 Å². The fourth-order valence-electron chi connectivity index (χ4n) is 2.29. The average molecular weight is 257 g/mol. The number of carbonyl (C=O) groups excluding carboxylic acids is 1. The molecule has 2 N–H and O–H groups in total. The summed E-state index contributed by atoms with van der Waals surface area (Å²) in [6, 6.07) is 0. The van der Waals surface area contributed by atoms with Crippen LogP contribution in [-0.4, -0.2) is 35.2 Å². The fourth-order valence-corrected chi connectivity index (χ4v) is 2.29. The number of ether oxygens (including phenoxy) is 1. The van der Waals surface area contributed by atoms with E-state index >= 15 is 0 Å². The van der Waals surface area contributed by atoms with Gasteiger partial charge in [0.1, 0.15) is 11.1 Å². The molecule has 1 aliphatic rings. The van der Waals surface area contributed by atoms with Crippen LogP contribution in [0.3, 0.4) is 0 Å². The highest BCUT2D eigenvalue weighted by molar-refractivity contribution is 5.91. The zero-order chi connectivity index (χ0) is 13.8. The van der Waals surface area contributed by atoms with Crippen LogP contribution in [-0.2, 0) is 14.3 Å². The molecule has 0 spiro atoms. The molecule has 5 nitrogen and oxygen atoms in total. The Hall–Kier alpha value is -1.10. The van der Waals surface area contributed by atoms with Gasteiger partial charge in [0.05, 0.1) is 0 Å². The number of carboxylic acids is 1. The number of aliphatic carboxylic acids is 1. The first-order chi connectivity index (χ1) is 8.40. The molecule has 0 aromatic rings. The van der Waals surface area contributed by atoms with Crippen molar-refractivity contribution in [1.82, 2.24) is 5.32 Å². The average Bonchev–Trinajstić information content (AvgIpc) is 2.38. The highest BCUT2D eigenvalue weighted by Crippen LogP contribution is 2.29. The lowest BCUT2D eigenvalue weighted by atomic mass is 9.81. The zero-order valence-corrected chi connectivity index (χ0v) is 11.4. The third-order valence-electron chi connectivity index (χ3n) is 4.07. The van der Waals surface area contributed by atoms with E-state index in [1.807, 2.05) is 6.92 Å². The van der Waals surface area contributed by atoms with Gasteiger partial charge < -0.3 is 15.2 Å². The first kappa shape index (κ1) is 15.0. The summed E-state index contributed by atoms with van der Waals surface area (Å²) in [5, 5.41) is 12.1. The third-order valence-corrected chi connectivity index (χ3v) is 4.07. The molecule has 1 atom stereocenters. The molecular formula is C13H23NO4. The molecule has 1 amide bonds. The van der Waals surface area contributed by atoms with Crippen molar-refractivity contribution in [3.63, 3.8) is 0 Å². The molecule has 0 aromatic carbocycles. The molecule has 0 aromatic heterocycles. The quantitative estimate of drug-likeness (QED) is 0.786. The van der Waals surface area contributed by atoms with Crippen molar-refractivity contribution in [3.05, 3.63) is 0 Å². The van der Waals surface area contributed by atoms with Crippen LogP contribution in [0.1, 0.15) is 52.4 Å². The van der Waals surface area contributed by atoms with Crippen molar-refractivity contribution >= 4 is 11.9 Å².